The van der Waals surface area contributed by atoms with Gasteiger partial charge in [-0.3, -0.25) is 0 Å². The van der Waals surface area contributed by atoms with Crippen LogP contribution >= 0.6 is 11.8 Å². The molecule has 1 saturated heterocycles. The van der Waals surface area contributed by atoms with E-state index in [2.05, 4.69) is 11.8 Å². The molecule has 0 spiro atoms. The van der Waals surface area contributed by atoms with Crippen LogP contribution < -0.4 is 0 Å². The Kier molecular flexibility index (Phi) is 8.30. The van der Waals surface area contributed by atoms with Gasteiger partial charge in [-0.05, 0) is 24.3 Å². The minimum absolute atomic E-state index is 1.42. The van der Waals surface area contributed by atoms with E-state index >= 15 is 0 Å². The van der Waals surface area contributed by atoms with Crippen molar-refractivity contribution in [2.24, 2.45) is 0 Å². The van der Waals surface area contributed by atoms with Crippen LogP contribution in [-0.2, 0) is 25.7 Å². The van der Waals surface area contributed by atoms with Gasteiger partial charge in [-0.25, -0.2) is 0 Å². The quantitative estimate of drug-likeness (QED) is 0.511. The Bertz CT molecular complexity index is 68.5. The van der Waals surface area contributed by atoms with Gasteiger partial charge in [0.15, 0.2) is 0 Å². The minimum atomic E-state index is -2.00. The number of rotatable bonds is 0. The summed E-state index contributed by atoms with van der Waals surface area (Å²) in [4.78, 5) is 0. The molecule has 0 radical (unpaired) electrons. The second-order valence-corrected chi connectivity index (χ2v) is 2.89. The molecule has 0 aromatic rings. The summed E-state index contributed by atoms with van der Waals surface area (Å²) in [6.07, 6.45) is 2.93. The molecule has 1 aliphatic rings. The summed E-state index contributed by atoms with van der Waals surface area (Å²) in [6, 6.07) is 0. The van der Waals surface area contributed by atoms with E-state index in [0.717, 1.165) is 0 Å². The van der Waals surface area contributed by atoms with Gasteiger partial charge in [0.1, 0.15) is 0 Å². The molecule has 2 nitrogen and oxygen atoms in total. The molecular formula is C4H8O2STi. The van der Waals surface area contributed by atoms with Crippen LogP contribution in [0.3, 0.4) is 0 Å². The van der Waals surface area contributed by atoms with Gasteiger partial charge in [-0.15, -0.1) is 0 Å². The molecule has 0 atom stereocenters. The fourth-order valence-corrected chi connectivity index (χ4v) is 1.53. The van der Waals surface area contributed by atoms with E-state index < -0.39 is 19.1 Å². The molecule has 0 aromatic carbocycles. The van der Waals surface area contributed by atoms with E-state index in [1.807, 2.05) is 0 Å². The Morgan fingerprint density at radius 2 is 1.50 bits per heavy atom. The molecule has 8 heavy (non-hydrogen) atoms. The first-order chi connectivity index (χ1) is 3.91. The predicted octanol–water partition coefficient (Wildman–Crippen LogP) is 1.27. The summed E-state index contributed by atoms with van der Waals surface area (Å²) >= 11 is 0.0741. The molecule has 4 heteroatoms. The molecule has 1 rings (SSSR count). The maximum atomic E-state index is 8.50. The molecule has 46 valence electrons. The SMILES string of the molecule is C1CCSC1.[O]=[Ti]=[O]. The van der Waals surface area contributed by atoms with Crippen LogP contribution in [0.4, 0.5) is 0 Å². The Morgan fingerprint density at radius 3 is 1.62 bits per heavy atom. The fourth-order valence-electron chi connectivity index (χ4n) is 0.510. The van der Waals surface area contributed by atoms with Gasteiger partial charge in [0.05, 0.1) is 0 Å². The molecule has 0 bridgehead atoms. The van der Waals surface area contributed by atoms with Gasteiger partial charge in [-0.1, -0.05) is 0 Å². The van der Waals surface area contributed by atoms with E-state index in [-0.39, 0.29) is 0 Å². The van der Waals surface area contributed by atoms with Crippen LogP contribution in [0.1, 0.15) is 12.8 Å². The van der Waals surface area contributed by atoms with Crippen molar-refractivity contribution in [3.8, 4) is 0 Å². The summed E-state index contributed by atoms with van der Waals surface area (Å²) in [7, 11) is 0. The van der Waals surface area contributed by atoms with Crippen molar-refractivity contribution in [2.75, 3.05) is 11.5 Å². The van der Waals surface area contributed by atoms with Gasteiger partial charge in [0.2, 0.25) is 0 Å². The van der Waals surface area contributed by atoms with E-state index in [1.54, 1.807) is 0 Å². The van der Waals surface area contributed by atoms with Crippen molar-refractivity contribution in [3.63, 3.8) is 0 Å². The van der Waals surface area contributed by atoms with Crippen LogP contribution in [0, 0.1) is 0 Å². The molecule has 0 saturated carbocycles. The third-order valence-corrected chi connectivity index (χ3v) is 1.98. The van der Waals surface area contributed by atoms with Gasteiger partial charge in [0, 0.05) is 0 Å². The first-order valence-electron chi connectivity index (χ1n) is 2.49. The molecule has 0 aliphatic carbocycles. The summed E-state index contributed by atoms with van der Waals surface area (Å²) in [5.41, 5.74) is 0. The van der Waals surface area contributed by atoms with E-state index in [1.165, 1.54) is 24.3 Å². The monoisotopic (exact) mass is 168 g/mol. The summed E-state index contributed by atoms with van der Waals surface area (Å²) in [6.45, 7) is 0. The van der Waals surface area contributed by atoms with E-state index in [9.17, 15) is 0 Å². The van der Waals surface area contributed by atoms with Crippen LogP contribution in [0.5, 0.6) is 0 Å². The van der Waals surface area contributed by atoms with Gasteiger partial charge >= 0.3 is 25.7 Å². The third kappa shape index (κ3) is 6.66. The number of hydrogen-bond donors (Lipinski definition) is 0. The normalized spacial score (nSPS) is 16.0. The zero-order valence-corrected chi connectivity index (χ0v) is 6.93. The van der Waals surface area contributed by atoms with Crippen molar-refractivity contribution in [1.29, 1.82) is 0 Å². The van der Waals surface area contributed by atoms with Crippen LogP contribution in [0.15, 0.2) is 0 Å². The zero-order chi connectivity index (χ0) is 6.24. The van der Waals surface area contributed by atoms with Crippen LogP contribution in [-0.4, -0.2) is 11.5 Å². The molecule has 0 unspecified atom stereocenters. The Labute approximate surface area is 62.0 Å². The van der Waals surface area contributed by atoms with Crippen molar-refractivity contribution >= 4 is 11.8 Å². The molecule has 0 amide bonds. The van der Waals surface area contributed by atoms with Crippen LogP contribution in [0.2, 0.25) is 0 Å². The summed E-state index contributed by atoms with van der Waals surface area (Å²) in [5.74, 6) is 2.83. The van der Waals surface area contributed by atoms with Gasteiger partial charge in [-0.2, -0.15) is 11.8 Å². The molecule has 0 aromatic heterocycles. The molecular weight excluding hydrogens is 160 g/mol. The second kappa shape index (κ2) is 7.66. The van der Waals surface area contributed by atoms with E-state index in [0.29, 0.717) is 0 Å². The van der Waals surface area contributed by atoms with Gasteiger partial charge in [0.25, 0.3) is 0 Å². The van der Waals surface area contributed by atoms with Crippen molar-refractivity contribution in [2.45, 2.75) is 12.8 Å². The van der Waals surface area contributed by atoms with Crippen LogP contribution in [0.25, 0.3) is 0 Å². The second-order valence-electron chi connectivity index (χ2n) is 1.40. The topological polar surface area (TPSA) is 34.1 Å². The average Bonchev–Trinajstić information content (AvgIpc) is 2.17. The first-order valence-corrected chi connectivity index (χ1v) is 4.92. The number of thioether (sulfide) groups is 1. The van der Waals surface area contributed by atoms with Crippen molar-refractivity contribution in [1.82, 2.24) is 0 Å². The standard InChI is InChI=1S/C4H8S.2O.Ti/c1-2-4-5-3-1;;;/h1-4H2;;;. The Morgan fingerprint density at radius 1 is 1.12 bits per heavy atom. The molecule has 1 fully saturated rings. The Hall–Kier alpha value is 0.664. The Balaban J connectivity index is 0.000000145. The fraction of sp³-hybridized carbons (Fsp3) is 1.00. The first kappa shape index (κ1) is 8.66. The summed E-state index contributed by atoms with van der Waals surface area (Å²) < 4.78 is 17.0. The number of hydrogen-bond acceptors (Lipinski definition) is 3. The van der Waals surface area contributed by atoms with Gasteiger partial charge < -0.3 is 0 Å². The predicted molar refractivity (Wildman–Crippen MR) is 27.9 cm³/mol. The maximum absolute atomic E-state index is 8.50. The summed E-state index contributed by atoms with van der Waals surface area (Å²) in [5, 5.41) is 0. The zero-order valence-electron chi connectivity index (χ0n) is 4.55. The molecule has 0 N–H and O–H groups in total. The average molecular weight is 168 g/mol. The molecule has 1 heterocycles. The van der Waals surface area contributed by atoms with Crippen molar-refractivity contribution in [3.05, 3.63) is 0 Å². The van der Waals surface area contributed by atoms with E-state index in [4.69, 9.17) is 6.65 Å². The third-order valence-electron chi connectivity index (χ3n) is 0.827. The van der Waals surface area contributed by atoms with Crippen molar-refractivity contribution < 1.29 is 25.7 Å². The molecule has 1 aliphatic heterocycles.